The van der Waals surface area contributed by atoms with Gasteiger partial charge in [0.2, 0.25) is 5.91 Å². The molecule has 1 N–H and O–H groups in total. The third-order valence-electron chi connectivity index (χ3n) is 4.58. The Kier molecular flexibility index (Phi) is 4.21. The number of rotatable bonds is 4. The van der Waals surface area contributed by atoms with E-state index in [-0.39, 0.29) is 17.9 Å². The zero-order valence-electron chi connectivity index (χ0n) is 12.2. The molecule has 1 aliphatic carbocycles. The van der Waals surface area contributed by atoms with Crippen LogP contribution in [0.5, 0.6) is 0 Å². The van der Waals surface area contributed by atoms with Crippen molar-refractivity contribution >= 4 is 5.91 Å². The molecule has 0 spiro atoms. The third-order valence-corrected chi connectivity index (χ3v) is 4.58. The average Bonchev–Trinajstić information content (AvgIpc) is 3.31. The van der Waals surface area contributed by atoms with Crippen LogP contribution in [-0.4, -0.2) is 36.5 Å². The van der Waals surface area contributed by atoms with Gasteiger partial charge in [-0.25, -0.2) is 0 Å². The van der Waals surface area contributed by atoms with E-state index in [9.17, 15) is 4.79 Å². The van der Waals surface area contributed by atoms with Gasteiger partial charge in [-0.1, -0.05) is 30.3 Å². The maximum atomic E-state index is 12.3. The SMILES string of the molecule is N#CCN1CCC(NC(=O)C2CC2c2ccccc2)CC1. The molecule has 4 heteroatoms. The number of nitrogens with zero attached hydrogens (tertiary/aromatic N) is 2. The fourth-order valence-corrected chi connectivity index (χ4v) is 3.20. The number of amides is 1. The summed E-state index contributed by atoms with van der Waals surface area (Å²) in [6.45, 7) is 2.32. The normalized spacial score (nSPS) is 26.0. The molecule has 0 radical (unpaired) electrons. The van der Waals surface area contributed by atoms with E-state index in [1.54, 1.807) is 0 Å². The number of hydrogen-bond acceptors (Lipinski definition) is 3. The van der Waals surface area contributed by atoms with Gasteiger partial charge in [0.1, 0.15) is 0 Å². The molecule has 4 nitrogen and oxygen atoms in total. The number of nitrogens with one attached hydrogen (secondary N) is 1. The first-order valence-corrected chi connectivity index (χ1v) is 7.72. The molecule has 0 bridgehead atoms. The van der Waals surface area contributed by atoms with E-state index >= 15 is 0 Å². The lowest BCUT2D eigenvalue weighted by molar-refractivity contribution is -0.123. The van der Waals surface area contributed by atoms with Crippen molar-refractivity contribution in [2.24, 2.45) is 5.92 Å². The smallest absolute Gasteiger partial charge is 0.223 e. The highest BCUT2D eigenvalue weighted by molar-refractivity contribution is 5.83. The summed E-state index contributed by atoms with van der Waals surface area (Å²) in [4.78, 5) is 14.4. The van der Waals surface area contributed by atoms with Crippen molar-refractivity contribution in [1.82, 2.24) is 10.2 Å². The van der Waals surface area contributed by atoms with Gasteiger partial charge in [-0.3, -0.25) is 9.69 Å². The van der Waals surface area contributed by atoms with Crippen molar-refractivity contribution in [3.8, 4) is 6.07 Å². The molecule has 110 valence electrons. The molecule has 1 heterocycles. The molecule has 2 unspecified atom stereocenters. The minimum atomic E-state index is 0.157. The lowest BCUT2D eigenvalue weighted by atomic mass is 10.0. The fraction of sp³-hybridized carbons (Fsp3) is 0.529. The lowest BCUT2D eigenvalue weighted by Crippen LogP contribution is -2.45. The third kappa shape index (κ3) is 3.43. The van der Waals surface area contributed by atoms with Crippen molar-refractivity contribution in [2.45, 2.75) is 31.2 Å². The van der Waals surface area contributed by atoms with Gasteiger partial charge >= 0.3 is 0 Å². The molecule has 21 heavy (non-hydrogen) atoms. The van der Waals surface area contributed by atoms with Crippen LogP contribution < -0.4 is 5.32 Å². The quantitative estimate of drug-likeness (QED) is 0.859. The van der Waals surface area contributed by atoms with Crippen LogP contribution in [0.15, 0.2) is 30.3 Å². The Morgan fingerprint density at radius 2 is 2.00 bits per heavy atom. The molecule has 2 fully saturated rings. The van der Waals surface area contributed by atoms with Gasteiger partial charge in [0.25, 0.3) is 0 Å². The molecule has 2 atom stereocenters. The molecule has 1 aromatic carbocycles. The monoisotopic (exact) mass is 283 g/mol. The summed E-state index contributed by atoms with van der Waals surface area (Å²) in [5, 5.41) is 11.9. The van der Waals surface area contributed by atoms with Crippen LogP contribution in [0.4, 0.5) is 0 Å². The van der Waals surface area contributed by atoms with E-state index in [2.05, 4.69) is 28.4 Å². The molecular weight excluding hydrogens is 262 g/mol. The summed E-state index contributed by atoms with van der Waals surface area (Å²) < 4.78 is 0. The zero-order chi connectivity index (χ0) is 14.7. The molecule has 1 amide bonds. The maximum Gasteiger partial charge on any atom is 0.223 e. The van der Waals surface area contributed by atoms with E-state index in [1.165, 1.54) is 5.56 Å². The Hall–Kier alpha value is -1.86. The summed E-state index contributed by atoms with van der Waals surface area (Å²) >= 11 is 0. The second kappa shape index (κ2) is 6.28. The average molecular weight is 283 g/mol. The lowest BCUT2D eigenvalue weighted by Gasteiger charge is -2.30. The molecular formula is C17H21N3O. The Morgan fingerprint density at radius 3 is 2.67 bits per heavy atom. The Balaban J connectivity index is 1.45. The largest absolute Gasteiger partial charge is 0.353 e. The van der Waals surface area contributed by atoms with Crippen LogP contribution in [0, 0.1) is 17.2 Å². The van der Waals surface area contributed by atoms with Crippen molar-refractivity contribution in [3.63, 3.8) is 0 Å². The number of likely N-dealkylation sites (tertiary alicyclic amines) is 1. The van der Waals surface area contributed by atoms with Crippen LogP contribution in [0.1, 0.15) is 30.7 Å². The van der Waals surface area contributed by atoms with Gasteiger partial charge in [-0.2, -0.15) is 5.26 Å². The minimum Gasteiger partial charge on any atom is -0.353 e. The van der Waals surface area contributed by atoms with E-state index < -0.39 is 0 Å². The number of piperidine rings is 1. The van der Waals surface area contributed by atoms with E-state index in [0.29, 0.717) is 12.5 Å². The predicted octanol–water partition coefficient (Wildman–Crippen LogP) is 1.89. The number of carbonyl (C=O) groups excluding carboxylic acids is 1. The Bertz CT molecular complexity index is 529. The number of hydrogen-bond donors (Lipinski definition) is 1. The van der Waals surface area contributed by atoms with Gasteiger partial charge < -0.3 is 5.32 Å². The molecule has 1 aromatic rings. The van der Waals surface area contributed by atoms with E-state index in [4.69, 9.17) is 5.26 Å². The summed E-state index contributed by atoms with van der Waals surface area (Å²) in [5.41, 5.74) is 1.28. The van der Waals surface area contributed by atoms with Crippen LogP contribution in [-0.2, 0) is 4.79 Å². The topological polar surface area (TPSA) is 56.1 Å². The van der Waals surface area contributed by atoms with Gasteiger partial charge in [-0.05, 0) is 30.7 Å². The highest BCUT2D eigenvalue weighted by atomic mass is 16.2. The second-order valence-electron chi connectivity index (χ2n) is 6.08. The molecule has 2 aliphatic rings. The molecule has 3 rings (SSSR count). The van der Waals surface area contributed by atoms with Crippen molar-refractivity contribution in [1.29, 1.82) is 5.26 Å². The van der Waals surface area contributed by atoms with Crippen LogP contribution >= 0.6 is 0 Å². The van der Waals surface area contributed by atoms with Gasteiger partial charge in [-0.15, -0.1) is 0 Å². The van der Waals surface area contributed by atoms with Crippen molar-refractivity contribution in [3.05, 3.63) is 35.9 Å². The van der Waals surface area contributed by atoms with Gasteiger partial charge in [0.05, 0.1) is 12.6 Å². The second-order valence-corrected chi connectivity index (χ2v) is 6.08. The first kappa shape index (κ1) is 14.1. The number of benzene rings is 1. The molecule has 1 saturated heterocycles. The molecule has 1 saturated carbocycles. The molecule has 0 aromatic heterocycles. The summed E-state index contributed by atoms with van der Waals surface area (Å²) in [7, 11) is 0. The number of carbonyl (C=O) groups is 1. The standard InChI is InChI=1S/C17H21N3O/c18-8-11-20-9-6-14(7-10-20)19-17(21)16-12-15(16)13-4-2-1-3-5-13/h1-5,14-16H,6-7,9-12H2,(H,19,21). The van der Waals surface area contributed by atoms with Gasteiger partial charge in [0.15, 0.2) is 0 Å². The summed E-state index contributed by atoms with van der Waals surface area (Å²) in [6, 6.07) is 12.8. The van der Waals surface area contributed by atoms with Crippen LogP contribution in [0.3, 0.4) is 0 Å². The van der Waals surface area contributed by atoms with Gasteiger partial charge in [0, 0.05) is 25.0 Å². The zero-order valence-corrected chi connectivity index (χ0v) is 12.2. The Morgan fingerprint density at radius 1 is 1.29 bits per heavy atom. The Labute approximate surface area is 125 Å². The molecule has 1 aliphatic heterocycles. The first-order chi connectivity index (χ1) is 10.3. The highest BCUT2D eigenvalue weighted by Crippen LogP contribution is 2.47. The maximum absolute atomic E-state index is 12.3. The van der Waals surface area contributed by atoms with Crippen LogP contribution in [0.25, 0.3) is 0 Å². The summed E-state index contributed by atoms with van der Waals surface area (Å²) in [6.07, 6.45) is 2.88. The predicted molar refractivity (Wildman–Crippen MR) is 80.5 cm³/mol. The fourth-order valence-electron chi connectivity index (χ4n) is 3.20. The summed E-state index contributed by atoms with van der Waals surface area (Å²) in [5.74, 6) is 0.775. The van der Waals surface area contributed by atoms with Crippen molar-refractivity contribution in [2.75, 3.05) is 19.6 Å². The minimum absolute atomic E-state index is 0.157. The van der Waals surface area contributed by atoms with Crippen molar-refractivity contribution < 1.29 is 4.79 Å². The number of nitriles is 1. The first-order valence-electron chi connectivity index (χ1n) is 7.72. The van der Waals surface area contributed by atoms with E-state index in [1.807, 2.05) is 18.2 Å². The highest BCUT2D eigenvalue weighted by Gasteiger charge is 2.44. The van der Waals surface area contributed by atoms with Crippen LogP contribution in [0.2, 0.25) is 0 Å². The van der Waals surface area contributed by atoms with E-state index in [0.717, 1.165) is 32.4 Å².